The van der Waals surface area contributed by atoms with Crippen LogP contribution in [0.4, 0.5) is 0 Å². The molecule has 1 unspecified atom stereocenters. The highest BCUT2D eigenvalue weighted by molar-refractivity contribution is 6.12. The maximum Gasteiger partial charge on any atom is 0.245 e. The van der Waals surface area contributed by atoms with Crippen molar-refractivity contribution in [3.8, 4) is 5.75 Å². The van der Waals surface area contributed by atoms with E-state index in [1.807, 2.05) is 17.0 Å². The molecule has 1 saturated heterocycles. The second-order valence-electron chi connectivity index (χ2n) is 8.78. The lowest BCUT2D eigenvalue weighted by molar-refractivity contribution is -0.125. The van der Waals surface area contributed by atoms with Gasteiger partial charge in [0.15, 0.2) is 0 Å². The van der Waals surface area contributed by atoms with Crippen molar-refractivity contribution in [2.45, 2.75) is 51.0 Å². The summed E-state index contributed by atoms with van der Waals surface area (Å²) in [5.41, 5.74) is 4.64. The van der Waals surface area contributed by atoms with Crippen LogP contribution in [0.5, 0.6) is 5.75 Å². The highest BCUT2D eigenvalue weighted by Crippen LogP contribution is 2.31. The van der Waals surface area contributed by atoms with E-state index < -0.39 is 0 Å². The van der Waals surface area contributed by atoms with E-state index in [0.29, 0.717) is 6.54 Å². The van der Waals surface area contributed by atoms with Gasteiger partial charge in [-0.05, 0) is 73.9 Å². The smallest absolute Gasteiger partial charge is 0.245 e. The molecule has 3 heterocycles. The van der Waals surface area contributed by atoms with Crippen molar-refractivity contribution >= 4 is 17.5 Å². The Morgan fingerprint density at radius 2 is 2.09 bits per heavy atom. The van der Waals surface area contributed by atoms with Gasteiger partial charge in [-0.3, -0.25) is 9.79 Å². The Morgan fingerprint density at radius 1 is 1.18 bits per heavy atom. The molecule has 1 amide bonds. The van der Waals surface area contributed by atoms with Crippen LogP contribution in [0.25, 0.3) is 0 Å². The average Bonchev–Trinajstić information content (AvgIpc) is 3.04. The molecule has 0 aromatic heterocycles. The lowest BCUT2D eigenvalue weighted by Crippen LogP contribution is -2.30. The first-order valence-corrected chi connectivity index (χ1v) is 11.9. The van der Waals surface area contributed by atoms with Crippen LogP contribution in [0.3, 0.4) is 0 Å². The van der Waals surface area contributed by atoms with Gasteiger partial charge < -0.3 is 14.7 Å². The number of nitrogens with zero attached hydrogens (tertiary/aromatic N) is 3. The van der Waals surface area contributed by atoms with E-state index in [9.17, 15) is 9.90 Å². The van der Waals surface area contributed by atoms with Crippen molar-refractivity contribution in [3.05, 3.63) is 65.8 Å². The van der Waals surface area contributed by atoms with E-state index in [1.165, 1.54) is 17.2 Å². The van der Waals surface area contributed by atoms with E-state index in [0.717, 1.165) is 81.8 Å². The monoisotopic (exact) mass is 447 g/mol. The molecule has 3 aliphatic heterocycles. The molecule has 6 nitrogen and oxygen atoms in total. The van der Waals surface area contributed by atoms with E-state index in [-0.39, 0.29) is 17.7 Å². The number of likely N-dealkylation sites (tertiary alicyclic amines) is 1. The normalized spacial score (nSPS) is 23.5. The molecule has 1 fully saturated rings. The van der Waals surface area contributed by atoms with Crippen LogP contribution in [0.2, 0.25) is 0 Å². The topological polar surface area (TPSA) is 74.5 Å². The SMILES string of the molecule is C=CC(=O)N1CCC/C(=C/C2=NC(c3cccc(O)c3)CC(C3=CCCOCCC3)=N2)CC1. The number of ether oxygens (including phenoxy) is 1. The van der Waals surface area contributed by atoms with Crippen molar-refractivity contribution in [1.82, 2.24) is 4.90 Å². The van der Waals surface area contributed by atoms with Gasteiger partial charge >= 0.3 is 0 Å². The fraction of sp³-hybridized carbons (Fsp3) is 0.444. The molecule has 6 heteroatoms. The summed E-state index contributed by atoms with van der Waals surface area (Å²) in [5.74, 6) is 0.989. The van der Waals surface area contributed by atoms with Crippen molar-refractivity contribution in [3.63, 3.8) is 0 Å². The molecule has 1 aromatic rings. The lowest BCUT2D eigenvalue weighted by atomic mass is 9.93. The van der Waals surface area contributed by atoms with Gasteiger partial charge in [0.25, 0.3) is 0 Å². The lowest BCUT2D eigenvalue weighted by Gasteiger charge is -2.23. The Balaban J connectivity index is 1.62. The number of allylic oxidation sites excluding steroid dienone is 1. The summed E-state index contributed by atoms with van der Waals surface area (Å²) in [4.78, 5) is 23.8. The van der Waals surface area contributed by atoms with Crippen LogP contribution < -0.4 is 0 Å². The van der Waals surface area contributed by atoms with Gasteiger partial charge in [-0.2, -0.15) is 0 Å². The summed E-state index contributed by atoms with van der Waals surface area (Å²) < 4.78 is 5.60. The van der Waals surface area contributed by atoms with Crippen LogP contribution in [-0.4, -0.2) is 53.8 Å². The Labute approximate surface area is 196 Å². The Hall–Kier alpha value is -2.99. The molecule has 0 bridgehead atoms. The zero-order chi connectivity index (χ0) is 23.0. The number of aromatic hydroxyl groups is 1. The van der Waals surface area contributed by atoms with Crippen molar-refractivity contribution < 1.29 is 14.6 Å². The standard InChI is InChI=1S/C27H33N3O3/c1-2-27(32)30-13-4-7-20(12-14-30)17-26-28-24(21-9-5-15-33-16-6-10-21)19-25(29-26)22-8-3-11-23(31)18-22/h2-3,8-9,11,17-18,25,31H,1,4-7,10,12-16,19H2/b20-17-,21-9?. The largest absolute Gasteiger partial charge is 0.508 e. The Bertz CT molecular complexity index is 1010. The molecule has 0 saturated carbocycles. The van der Waals surface area contributed by atoms with Crippen LogP contribution >= 0.6 is 0 Å². The van der Waals surface area contributed by atoms with Crippen molar-refractivity contribution in [2.75, 3.05) is 26.3 Å². The van der Waals surface area contributed by atoms with Gasteiger partial charge in [0.1, 0.15) is 11.6 Å². The Morgan fingerprint density at radius 3 is 2.94 bits per heavy atom. The minimum absolute atomic E-state index is 0.00397. The number of carbonyl (C=O) groups excluding carboxylic acids is 1. The molecule has 174 valence electrons. The third kappa shape index (κ3) is 6.29. The van der Waals surface area contributed by atoms with Crippen LogP contribution in [0.1, 0.15) is 56.6 Å². The van der Waals surface area contributed by atoms with E-state index >= 15 is 0 Å². The van der Waals surface area contributed by atoms with Gasteiger partial charge in [0.05, 0.1) is 12.6 Å². The fourth-order valence-electron chi connectivity index (χ4n) is 4.63. The molecule has 33 heavy (non-hydrogen) atoms. The highest BCUT2D eigenvalue weighted by atomic mass is 16.5. The Kier molecular flexibility index (Phi) is 7.89. The van der Waals surface area contributed by atoms with Crippen LogP contribution in [0, 0.1) is 0 Å². The molecule has 1 N–H and O–H groups in total. The minimum atomic E-state index is -0.0799. The summed E-state index contributed by atoms with van der Waals surface area (Å²) in [6.45, 7) is 6.60. The number of aliphatic imine (C=N–C) groups is 2. The first kappa shape index (κ1) is 23.2. The fourth-order valence-corrected chi connectivity index (χ4v) is 4.63. The number of phenols is 1. The first-order valence-electron chi connectivity index (χ1n) is 11.9. The van der Waals surface area contributed by atoms with E-state index in [1.54, 1.807) is 12.1 Å². The quantitative estimate of drug-likeness (QED) is 0.665. The summed E-state index contributed by atoms with van der Waals surface area (Å²) in [5, 5.41) is 10.0. The summed E-state index contributed by atoms with van der Waals surface area (Å²) in [6, 6.07) is 7.29. The van der Waals surface area contributed by atoms with Gasteiger partial charge in [-0.15, -0.1) is 0 Å². The molecule has 3 aliphatic rings. The van der Waals surface area contributed by atoms with Crippen molar-refractivity contribution in [1.29, 1.82) is 0 Å². The van der Waals surface area contributed by atoms with Crippen LogP contribution in [-0.2, 0) is 9.53 Å². The minimum Gasteiger partial charge on any atom is -0.508 e. The van der Waals surface area contributed by atoms with Gasteiger partial charge in [-0.1, -0.05) is 30.4 Å². The number of rotatable bonds is 4. The van der Waals surface area contributed by atoms with Crippen molar-refractivity contribution in [2.24, 2.45) is 9.98 Å². The molecule has 0 spiro atoms. The van der Waals surface area contributed by atoms with Gasteiger partial charge in [0.2, 0.25) is 5.91 Å². The second kappa shape index (κ2) is 11.2. The first-order chi connectivity index (χ1) is 16.1. The number of carbonyl (C=O) groups is 1. The molecule has 4 rings (SSSR count). The summed E-state index contributed by atoms with van der Waals surface area (Å²) in [6.07, 6.45) is 12.0. The zero-order valence-electron chi connectivity index (χ0n) is 19.2. The third-order valence-corrected chi connectivity index (χ3v) is 6.39. The predicted octanol–water partition coefficient (Wildman–Crippen LogP) is 4.93. The number of benzene rings is 1. The second-order valence-corrected chi connectivity index (χ2v) is 8.78. The van der Waals surface area contributed by atoms with Gasteiger partial charge in [-0.25, -0.2) is 4.99 Å². The highest BCUT2D eigenvalue weighted by Gasteiger charge is 2.23. The maximum absolute atomic E-state index is 12.0. The van der Waals surface area contributed by atoms with E-state index in [4.69, 9.17) is 14.7 Å². The summed E-state index contributed by atoms with van der Waals surface area (Å²) >= 11 is 0. The number of amidine groups is 1. The van der Waals surface area contributed by atoms with Crippen LogP contribution in [0.15, 0.2) is 70.2 Å². The molecule has 0 radical (unpaired) electrons. The number of hydrogen-bond acceptors (Lipinski definition) is 5. The number of hydrogen-bond donors (Lipinski definition) is 1. The average molecular weight is 448 g/mol. The molecule has 0 aliphatic carbocycles. The summed E-state index contributed by atoms with van der Waals surface area (Å²) in [7, 11) is 0. The zero-order valence-corrected chi connectivity index (χ0v) is 19.2. The molecule has 1 atom stereocenters. The van der Waals surface area contributed by atoms with Gasteiger partial charge in [0, 0.05) is 31.8 Å². The van der Waals surface area contributed by atoms with E-state index in [2.05, 4.69) is 18.7 Å². The molecular weight excluding hydrogens is 414 g/mol. The number of amides is 1. The number of phenolic OH excluding ortho intramolecular Hbond substituents is 1. The molecular formula is C27H33N3O3. The predicted molar refractivity (Wildman–Crippen MR) is 132 cm³/mol. The maximum atomic E-state index is 12.0. The molecule has 1 aromatic carbocycles. The third-order valence-electron chi connectivity index (χ3n) is 6.39.